The van der Waals surface area contributed by atoms with E-state index < -0.39 is 5.97 Å². The van der Waals surface area contributed by atoms with Gasteiger partial charge in [-0.1, -0.05) is 0 Å². The number of carboxylic acid groups (broad SMARTS) is 1. The van der Waals surface area contributed by atoms with Crippen molar-refractivity contribution in [2.45, 2.75) is 75.6 Å². The van der Waals surface area contributed by atoms with E-state index in [4.69, 9.17) is 5.11 Å². The highest BCUT2D eigenvalue weighted by atomic mass is 16.4. The number of fused-ring (bicyclic) bond motifs is 2. The first kappa shape index (κ1) is 14.6. The number of piperidine rings is 1. The number of aliphatic hydroxyl groups is 1. The van der Waals surface area contributed by atoms with Gasteiger partial charge in [-0.25, -0.2) is 4.79 Å². The molecule has 0 aromatic carbocycles. The first-order chi connectivity index (χ1) is 10.0. The van der Waals surface area contributed by atoms with Crippen molar-refractivity contribution >= 4 is 12.0 Å². The summed E-state index contributed by atoms with van der Waals surface area (Å²) in [6, 6.07) is 0.427. The maximum absolute atomic E-state index is 12.5. The average molecular weight is 296 g/mol. The highest BCUT2D eigenvalue weighted by molar-refractivity contribution is 5.76. The molecular formula is C15H24N2O4. The summed E-state index contributed by atoms with van der Waals surface area (Å²) in [5.74, 6) is -0.970. The molecule has 1 aliphatic carbocycles. The van der Waals surface area contributed by atoms with Crippen LogP contribution in [0.4, 0.5) is 4.79 Å². The maximum atomic E-state index is 12.5. The Morgan fingerprint density at radius 2 is 1.52 bits per heavy atom. The van der Waals surface area contributed by atoms with E-state index in [0.29, 0.717) is 25.7 Å². The molecule has 0 aromatic heterocycles. The summed E-state index contributed by atoms with van der Waals surface area (Å²) in [6.07, 6.45) is 5.87. The summed E-state index contributed by atoms with van der Waals surface area (Å²) in [5.41, 5.74) is 0. The summed E-state index contributed by atoms with van der Waals surface area (Å²) in [4.78, 5) is 25.3. The van der Waals surface area contributed by atoms with Gasteiger partial charge >= 0.3 is 12.0 Å². The minimum atomic E-state index is -0.720. The van der Waals surface area contributed by atoms with Crippen molar-refractivity contribution in [2.75, 3.05) is 0 Å². The van der Waals surface area contributed by atoms with E-state index in [9.17, 15) is 14.7 Å². The Hall–Kier alpha value is -1.30. The third-order valence-corrected chi connectivity index (χ3v) is 5.35. The van der Waals surface area contributed by atoms with Crippen LogP contribution in [-0.2, 0) is 4.79 Å². The molecule has 3 rings (SSSR count). The van der Waals surface area contributed by atoms with Gasteiger partial charge in [0, 0.05) is 18.1 Å². The van der Waals surface area contributed by atoms with Crippen molar-refractivity contribution in [3.05, 3.63) is 0 Å². The molecule has 2 unspecified atom stereocenters. The summed E-state index contributed by atoms with van der Waals surface area (Å²) in [6.45, 7) is 0. The third-order valence-electron chi connectivity index (χ3n) is 5.35. The van der Waals surface area contributed by atoms with E-state index in [0.717, 1.165) is 25.7 Å². The van der Waals surface area contributed by atoms with E-state index in [1.165, 1.54) is 0 Å². The minimum Gasteiger partial charge on any atom is -0.481 e. The SMILES string of the molecule is O=C(O)C1CCC(NC(=O)N2C3CCC2CC(O)C3)CC1. The van der Waals surface area contributed by atoms with Crippen LogP contribution in [0, 0.1) is 5.92 Å². The first-order valence-electron chi connectivity index (χ1n) is 8.04. The van der Waals surface area contributed by atoms with Gasteiger partial charge < -0.3 is 20.4 Å². The van der Waals surface area contributed by atoms with Gasteiger partial charge in [0.25, 0.3) is 0 Å². The summed E-state index contributed by atoms with van der Waals surface area (Å²) in [5, 5.41) is 21.8. The zero-order valence-electron chi connectivity index (χ0n) is 12.2. The molecule has 0 spiro atoms. The number of urea groups is 1. The average Bonchev–Trinajstić information content (AvgIpc) is 2.72. The molecule has 2 bridgehead atoms. The van der Waals surface area contributed by atoms with Crippen LogP contribution in [0.1, 0.15) is 51.4 Å². The number of carbonyl (C=O) groups excluding carboxylic acids is 1. The predicted octanol–water partition coefficient (Wildman–Crippen LogP) is 1.33. The summed E-state index contributed by atoms with van der Waals surface area (Å²) in [7, 11) is 0. The highest BCUT2D eigenvalue weighted by Gasteiger charge is 2.43. The lowest BCUT2D eigenvalue weighted by atomic mass is 9.86. The van der Waals surface area contributed by atoms with Gasteiger partial charge in [0.1, 0.15) is 0 Å². The molecule has 3 N–H and O–H groups in total. The van der Waals surface area contributed by atoms with Gasteiger partial charge in [-0.2, -0.15) is 0 Å². The van der Waals surface area contributed by atoms with Crippen molar-refractivity contribution in [3.8, 4) is 0 Å². The molecular weight excluding hydrogens is 272 g/mol. The number of aliphatic carboxylic acids is 1. The molecule has 21 heavy (non-hydrogen) atoms. The molecule has 6 nitrogen and oxygen atoms in total. The van der Waals surface area contributed by atoms with Gasteiger partial charge in [0.2, 0.25) is 0 Å². The second-order valence-corrected chi connectivity index (χ2v) is 6.75. The predicted molar refractivity (Wildman–Crippen MR) is 75.8 cm³/mol. The van der Waals surface area contributed by atoms with Crippen molar-refractivity contribution in [2.24, 2.45) is 5.92 Å². The molecule has 1 saturated carbocycles. The zero-order valence-corrected chi connectivity index (χ0v) is 12.2. The lowest BCUT2D eigenvalue weighted by Gasteiger charge is -2.38. The smallest absolute Gasteiger partial charge is 0.318 e. The standard InChI is InChI=1S/C15H24N2O4/c18-13-7-11-5-6-12(8-13)17(11)15(21)16-10-3-1-9(2-4-10)14(19)20/h9-13,18H,1-8H2,(H,16,21)(H,19,20). The fourth-order valence-corrected chi connectivity index (χ4v) is 4.21. The van der Waals surface area contributed by atoms with Crippen molar-refractivity contribution in [1.82, 2.24) is 10.2 Å². The Labute approximate surface area is 124 Å². The molecule has 2 saturated heterocycles. The lowest BCUT2D eigenvalue weighted by molar-refractivity contribution is -0.142. The van der Waals surface area contributed by atoms with Crippen LogP contribution in [0.5, 0.6) is 0 Å². The number of carbonyl (C=O) groups is 2. The van der Waals surface area contributed by atoms with Crippen LogP contribution in [0.25, 0.3) is 0 Å². The largest absolute Gasteiger partial charge is 0.481 e. The molecule has 0 aromatic rings. The second-order valence-electron chi connectivity index (χ2n) is 6.75. The summed E-state index contributed by atoms with van der Waals surface area (Å²) < 4.78 is 0. The van der Waals surface area contributed by atoms with Crippen LogP contribution in [0.2, 0.25) is 0 Å². The minimum absolute atomic E-state index is 0.0202. The van der Waals surface area contributed by atoms with E-state index in [1.807, 2.05) is 4.90 Å². The van der Waals surface area contributed by atoms with Gasteiger partial charge in [-0.05, 0) is 51.4 Å². The Morgan fingerprint density at radius 1 is 0.952 bits per heavy atom. The van der Waals surface area contributed by atoms with Crippen LogP contribution >= 0.6 is 0 Å². The Bertz CT molecular complexity index is 406. The molecule has 2 amide bonds. The van der Waals surface area contributed by atoms with E-state index in [-0.39, 0.29) is 36.2 Å². The number of nitrogens with one attached hydrogen (secondary N) is 1. The maximum Gasteiger partial charge on any atom is 0.318 e. The van der Waals surface area contributed by atoms with Gasteiger partial charge in [0.15, 0.2) is 0 Å². The Kier molecular flexibility index (Phi) is 4.06. The van der Waals surface area contributed by atoms with E-state index in [1.54, 1.807) is 0 Å². The summed E-state index contributed by atoms with van der Waals surface area (Å²) >= 11 is 0. The van der Waals surface area contributed by atoms with Gasteiger partial charge in [-0.3, -0.25) is 4.79 Å². The van der Waals surface area contributed by atoms with E-state index in [2.05, 4.69) is 5.32 Å². The molecule has 2 aliphatic heterocycles. The normalized spacial score (nSPS) is 39.1. The second kappa shape index (κ2) is 5.83. The third kappa shape index (κ3) is 3.00. The number of nitrogens with zero attached hydrogens (tertiary/aromatic N) is 1. The van der Waals surface area contributed by atoms with Crippen molar-refractivity contribution in [1.29, 1.82) is 0 Å². The monoisotopic (exact) mass is 296 g/mol. The van der Waals surface area contributed by atoms with Crippen LogP contribution < -0.4 is 5.32 Å². The number of aliphatic hydroxyl groups excluding tert-OH is 1. The molecule has 3 fully saturated rings. The molecule has 118 valence electrons. The number of hydrogen-bond donors (Lipinski definition) is 3. The van der Waals surface area contributed by atoms with Gasteiger partial charge in [-0.15, -0.1) is 0 Å². The van der Waals surface area contributed by atoms with Crippen LogP contribution in [0.3, 0.4) is 0 Å². The topological polar surface area (TPSA) is 89.9 Å². The number of amides is 2. The molecule has 2 atom stereocenters. The number of carboxylic acids is 1. The van der Waals surface area contributed by atoms with Crippen LogP contribution in [0.15, 0.2) is 0 Å². The highest BCUT2D eigenvalue weighted by Crippen LogP contribution is 2.36. The fourth-order valence-electron chi connectivity index (χ4n) is 4.21. The molecule has 6 heteroatoms. The molecule has 3 aliphatic rings. The number of rotatable bonds is 2. The van der Waals surface area contributed by atoms with Crippen LogP contribution in [-0.4, -0.2) is 51.3 Å². The Morgan fingerprint density at radius 3 is 2.05 bits per heavy atom. The van der Waals surface area contributed by atoms with E-state index >= 15 is 0 Å². The first-order valence-corrected chi connectivity index (χ1v) is 8.04. The number of hydrogen-bond acceptors (Lipinski definition) is 3. The molecule has 2 heterocycles. The quantitative estimate of drug-likeness (QED) is 0.717. The fraction of sp³-hybridized carbons (Fsp3) is 0.867. The Balaban J connectivity index is 1.52. The molecule has 0 radical (unpaired) electrons. The zero-order chi connectivity index (χ0) is 15.0. The van der Waals surface area contributed by atoms with Crippen molar-refractivity contribution in [3.63, 3.8) is 0 Å². The van der Waals surface area contributed by atoms with Gasteiger partial charge in [0.05, 0.1) is 12.0 Å². The van der Waals surface area contributed by atoms with Crippen molar-refractivity contribution < 1.29 is 19.8 Å². The lowest BCUT2D eigenvalue weighted by Crippen LogP contribution is -2.54.